The summed E-state index contributed by atoms with van der Waals surface area (Å²) in [5.74, 6) is 2.20. The van der Waals surface area contributed by atoms with Gasteiger partial charge < -0.3 is 10.4 Å². The van der Waals surface area contributed by atoms with Crippen LogP contribution in [0.3, 0.4) is 0 Å². The van der Waals surface area contributed by atoms with Gasteiger partial charge in [0.1, 0.15) is 4.32 Å². The standard InChI is InChI=1S/C24H49NOS3/c1-6-9-11-12-13-14-15-17-24(4,5)29-20-22(26)19-28-23(27)25-18-21(8-3)16-10-7-2/h21-22,26H,6-20H2,1-5H3,(H,25,27). The third-order valence-corrected chi connectivity index (χ3v) is 8.53. The number of rotatable bonds is 19. The van der Waals surface area contributed by atoms with Crippen molar-refractivity contribution in [2.24, 2.45) is 5.92 Å². The molecule has 0 bridgehead atoms. The van der Waals surface area contributed by atoms with E-state index in [-0.39, 0.29) is 10.9 Å². The van der Waals surface area contributed by atoms with Crippen LogP contribution < -0.4 is 5.32 Å². The Labute approximate surface area is 196 Å². The van der Waals surface area contributed by atoms with Gasteiger partial charge in [0.2, 0.25) is 0 Å². The summed E-state index contributed by atoms with van der Waals surface area (Å²) in [6, 6.07) is 0. The number of unbranched alkanes of at least 4 members (excludes halogenated alkanes) is 7. The molecule has 0 fully saturated rings. The second-order valence-electron chi connectivity index (χ2n) is 8.99. The number of thiocarbonyl (C=S) groups is 1. The van der Waals surface area contributed by atoms with E-state index in [0.29, 0.717) is 11.7 Å². The highest BCUT2D eigenvalue weighted by Crippen LogP contribution is 2.31. The van der Waals surface area contributed by atoms with Gasteiger partial charge in [0, 0.05) is 22.8 Å². The molecule has 2 atom stereocenters. The molecule has 0 heterocycles. The van der Waals surface area contributed by atoms with Crippen LogP contribution in [-0.2, 0) is 0 Å². The zero-order chi connectivity index (χ0) is 22.0. The van der Waals surface area contributed by atoms with Crippen molar-refractivity contribution in [3.63, 3.8) is 0 Å². The van der Waals surface area contributed by atoms with Crippen LogP contribution in [0.5, 0.6) is 0 Å². The van der Waals surface area contributed by atoms with Crippen LogP contribution in [0.25, 0.3) is 0 Å². The van der Waals surface area contributed by atoms with Crippen molar-refractivity contribution < 1.29 is 5.11 Å². The predicted molar refractivity (Wildman–Crippen MR) is 142 cm³/mol. The van der Waals surface area contributed by atoms with Gasteiger partial charge in [-0.3, -0.25) is 0 Å². The van der Waals surface area contributed by atoms with Gasteiger partial charge in [-0.2, -0.15) is 11.8 Å². The molecule has 0 aliphatic rings. The molecule has 0 spiro atoms. The summed E-state index contributed by atoms with van der Waals surface area (Å²) in [7, 11) is 0. The molecule has 0 aromatic rings. The summed E-state index contributed by atoms with van der Waals surface area (Å²) in [6.07, 6.45) is 15.5. The highest BCUT2D eigenvalue weighted by molar-refractivity contribution is 8.23. The Morgan fingerprint density at radius 2 is 1.55 bits per heavy atom. The van der Waals surface area contributed by atoms with Crippen molar-refractivity contribution in [2.75, 3.05) is 18.1 Å². The SMILES string of the molecule is CCCCCCCCCC(C)(C)SCC(O)CSC(=S)NCC(CC)CCCC. The molecule has 2 N–H and O–H groups in total. The van der Waals surface area contributed by atoms with Crippen molar-refractivity contribution in [3.8, 4) is 0 Å². The minimum atomic E-state index is -0.292. The highest BCUT2D eigenvalue weighted by atomic mass is 32.2. The average Bonchev–Trinajstić information content (AvgIpc) is 2.70. The second-order valence-corrected chi connectivity index (χ2v) is 12.4. The Morgan fingerprint density at radius 3 is 2.17 bits per heavy atom. The molecule has 0 rings (SSSR count). The van der Waals surface area contributed by atoms with Crippen LogP contribution in [0.4, 0.5) is 0 Å². The maximum Gasteiger partial charge on any atom is 0.133 e. The number of hydrogen-bond donors (Lipinski definition) is 2. The molecule has 174 valence electrons. The second kappa shape index (κ2) is 19.3. The lowest BCUT2D eigenvalue weighted by Gasteiger charge is -2.25. The van der Waals surface area contributed by atoms with Gasteiger partial charge in [-0.25, -0.2) is 0 Å². The Morgan fingerprint density at radius 1 is 0.931 bits per heavy atom. The van der Waals surface area contributed by atoms with Crippen LogP contribution in [-0.4, -0.2) is 38.3 Å². The molecular formula is C24H49NOS3. The molecule has 0 aromatic carbocycles. The number of aliphatic hydroxyl groups is 1. The quantitative estimate of drug-likeness (QED) is 0.151. The number of nitrogens with one attached hydrogen (secondary N) is 1. The van der Waals surface area contributed by atoms with Crippen LogP contribution >= 0.6 is 35.7 Å². The Balaban J connectivity index is 3.83. The van der Waals surface area contributed by atoms with Gasteiger partial charge in [-0.1, -0.05) is 123 Å². The van der Waals surface area contributed by atoms with E-state index >= 15 is 0 Å². The lowest BCUT2D eigenvalue weighted by atomic mass is 10.00. The first-order valence-corrected chi connectivity index (χ1v) is 14.4. The Kier molecular flexibility index (Phi) is 19.6. The molecule has 0 saturated carbocycles. The summed E-state index contributed by atoms with van der Waals surface area (Å²) in [5, 5.41) is 13.8. The molecule has 2 unspecified atom stereocenters. The van der Waals surface area contributed by atoms with Gasteiger partial charge in [0.25, 0.3) is 0 Å². The van der Waals surface area contributed by atoms with E-state index in [9.17, 15) is 5.11 Å². The van der Waals surface area contributed by atoms with Crippen LogP contribution in [0.2, 0.25) is 0 Å². The van der Waals surface area contributed by atoms with Crippen molar-refractivity contribution in [2.45, 2.75) is 123 Å². The molecule has 0 radical (unpaired) electrons. The minimum absolute atomic E-state index is 0.251. The molecule has 0 saturated heterocycles. The van der Waals surface area contributed by atoms with Crippen molar-refractivity contribution in [1.29, 1.82) is 0 Å². The van der Waals surface area contributed by atoms with E-state index in [2.05, 4.69) is 39.9 Å². The molecular weight excluding hydrogens is 414 g/mol. The third-order valence-electron chi connectivity index (χ3n) is 5.53. The maximum atomic E-state index is 10.4. The first-order chi connectivity index (χ1) is 13.8. The first-order valence-electron chi connectivity index (χ1n) is 12.1. The Hall–Kier alpha value is 0.550. The largest absolute Gasteiger partial charge is 0.391 e. The average molecular weight is 464 g/mol. The summed E-state index contributed by atoms with van der Waals surface area (Å²) < 4.78 is 1.09. The lowest BCUT2D eigenvalue weighted by molar-refractivity contribution is 0.225. The van der Waals surface area contributed by atoms with E-state index in [1.165, 1.54) is 77.0 Å². The van der Waals surface area contributed by atoms with Crippen molar-refractivity contribution >= 4 is 40.1 Å². The zero-order valence-corrected chi connectivity index (χ0v) is 22.4. The minimum Gasteiger partial charge on any atom is -0.391 e. The van der Waals surface area contributed by atoms with E-state index in [4.69, 9.17) is 12.2 Å². The smallest absolute Gasteiger partial charge is 0.133 e. The fourth-order valence-corrected chi connectivity index (χ4v) is 5.48. The number of hydrogen-bond acceptors (Lipinski definition) is 4. The third kappa shape index (κ3) is 19.0. The first kappa shape index (κ1) is 29.5. The number of thioether (sulfide) groups is 2. The maximum absolute atomic E-state index is 10.4. The van der Waals surface area contributed by atoms with Gasteiger partial charge >= 0.3 is 0 Å². The van der Waals surface area contributed by atoms with Gasteiger partial charge in [-0.05, 0) is 18.8 Å². The summed E-state index contributed by atoms with van der Waals surface area (Å²) in [5.41, 5.74) is 0. The van der Waals surface area contributed by atoms with E-state index in [1.807, 2.05) is 11.8 Å². The number of aliphatic hydroxyl groups excluding tert-OH is 1. The molecule has 29 heavy (non-hydrogen) atoms. The van der Waals surface area contributed by atoms with Crippen molar-refractivity contribution in [1.82, 2.24) is 5.32 Å². The molecule has 0 amide bonds. The van der Waals surface area contributed by atoms with E-state index in [0.717, 1.165) is 16.6 Å². The van der Waals surface area contributed by atoms with Gasteiger partial charge in [-0.15, -0.1) is 0 Å². The molecule has 0 aliphatic heterocycles. The summed E-state index contributed by atoms with van der Waals surface area (Å²) in [6.45, 7) is 12.4. The highest BCUT2D eigenvalue weighted by Gasteiger charge is 2.20. The van der Waals surface area contributed by atoms with Crippen LogP contribution in [0, 0.1) is 5.92 Å². The fourth-order valence-electron chi connectivity index (χ4n) is 3.34. The normalized spacial score (nSPS) is 14.0. The zero-order valence-electron chi connectivity index (χ0n) is 19.9. The predicted octanol–water partition coefficient (Wildman–Crippen LogP) is 7.82. The fraction of sp³-hybridized carbons (Fsp3) is 0.958. The Bertz CT molecular complexity index is 390. The van der Waals surface area contributed by atoms with Gasteiger partial charge in [0.15, 0.2) is 0 Å². The van der Waals surface area contributed by atoms with Crippen LogP contribution in [0.1, 0.15) is 112 Å². The summed E-state index contributed by atoms with van der Waals surface area (Å²) in [4.78, 5) is 0. The topological polar surface area (TPSA) is 32.3 Å². The molecule has 0 aromatic heterocycles. The molecule has 2 nitrogen and oxygen atoms in total. The molecule has 0 aliphatic carbocycles. The summed E-state index contributed by atoms with van der Waals surface area (Å²) >= 11 is 8.96. The lowest BCUT2D eigenvalue weighted by Crippen LogP contribution is -2.28. The van der Waals surface area contributed by atoms with Crippen molar-refractivity contribution in [3.05, 3.63) is 0 Å². The van der Waals surface area contributed by atoms with Crippen LogP contribution in [0.15, 0.2) is 0 Å². The van der Waals surface area contributed by atoms with E-state index < -0.39 is 0 Å². The van der Waals surface area contributed by atoms with Gasteiger partial charge in [0.05, 0.1) is 6.10 Å². The molecule has 5 heteroatoms. The van der Waals surface area contributed by atoms with E-state index in [1.54, 1.807) is 11.8 Å². The monoisotopic (exact) mass is 463 g/mol.